The third-order valence-electron chi connectivity index (χ3n) is 1.92. The van der Waals surface area contributed by atoms with Crippen molar-refractivity contribution in [3.05, 3.63) is 60.2 Å². The minimum absolute atomic E-state index is 0.323. The van der Waals surface area contributed by atoms with Gasteiger partial charge in [-0.05, 0) is 29.3 Å². The van der Waals surface area contributed by atoms with Gasteiger partial charge in [-0.2, -0.15) is 0 Å². The van der Waals surface area contributed by atoms with Crippen LogP contribution in [0, 0.1) is 17.7 Å². The third kappa shape index (κ3) is 1.79. The molecule has 0 aromatic heterocycles. The van der Waals surface area contributed by atoms with Crippen molar-refractivity contribution in [2.24, 2.45) is 0 Å². The zero-order valence-electron chi connectivity index (χ0n) is 7.30. The number of halogens is 2. The summed E-state index contributed by atoms with van der Waals surface area (Å²) in [5.74, 6) is -0.762. The van der Waals surface area contributed by atoms with Crippen LogP contribution in [0.25, 0.3) is 11.1 Å². The van der Waals surface area contributed by atoms with Crippen molar-refractivity contribution in [1.29, 1.82) is 0 Å². The van der Waals surface area contributed by atoms with Crippen LogP contribution in [0.15, 0.2) is 42.5 Å². The molecule has 0 fully saturated rings. The molecule has 0 atom stereocenters. The van der Waals surface area contributed by atoms with Crippen molar-refractivity contribution in [2.45, 2.75) is 0 Å². The van der Waals surface area contributed by atoms with Gasteiger partial charge in [-0.15, -0.1) is 0 Å². The first-order valence-corrected chi connectivity index (χ1v) is 4.19. The molecule has 0 unspecified atom stereocenters. The van der Waals surface area contributed by atoms with E-state index in [1.807, 2.05) is 0 Å². The summed E-state index contributed by atoms with van der Waals surface area (Å²) in [6.07, 6.45) is 0. The maximum absolute atomic E-state index is 12.9. The predicted octanol–water partition coefficient (Wildman–Crippen LogP) is 3.43. The summed E-state index contributed by atoms with van der Waals surface area (Å²) in [6, 6.07) is 13.0. The lowest BCUT2D eigenvalue weighted by molar-refractivity contribution is 0.624. The third-order valence-corrected chi connectivity index (χ3v) is 1.92. The summed E-state index contributed by atoms with van der Waals surface area (Å²) >= 11 is 0. The van der Waals surface area contributed by atoms with Crippen LogP contribution < -0.4 is 0 Å². The smallest absolute Gasteiger partial charge is 0.131 e. The highest BCUT2D eigenvalue weighted by molar-refractivity contribution is 5.63. The molecule has 0 bridgehead atoms. The van der Waals surface area contributed by atoms with Crippen LogP contribution in [-0.4, -0.2) is 0 Å². The maximum Gasteiger partial charge on any atom is 0.131 e. The SMILES string of the molecule is Fc1[c]ccc(-c2cccc(F)c2)c1. The van der Waals surface area contributed by atoms with Crippen LogP contribution in [0.5, 0.6) is 0 Å². The molecule has 2 aromatic carbocycles. The first-order valence-electron chi connectivity index (χ1n) is 4.19. The predicted molar refractivity (Wildman–Crippen MR) is 50.6 cm³/mol. The van der Waals surface area contributed by atoms with Crippen molar-refractivity contribution in [1.82, 2.24) is 0 Å². The van der Waals surface area contributed by atoms with Crippen LogP contribution in [-0.2, 0) is 0 Å². The van der Waals surface area contributed by atoms with E-state index < -0.39 is 5.82 Å². The Bertz CT molecular complexity index is 406. The van der Waals surface area contributed by atoms with Gasteiger partial charge in [-0.3, -0.25) is 0 Å². The molecule has 0 saturated heterocycles. The summed E-state index contributed by atoms with van der Waals surface area (Å²) in [5.41, 5.74) is 1.32. The van der Waals surface area contributed by atoms with E-state index in [-0.39, 0.29) is 5.82 Å². The van der Waals surface area contributed by atoms with E-state index in [1.165, 1.54) is 24.3 Å². The summed E-state index contributed by atoms with van der Waals surface area (Å²) in [7, 11) is 0. The lowest BCUT2D eigenvalue weighted by atomic mass is 10.1. The minimum atomic E-state index is -0.438. The molecule has 1 radical (unpaired) electrons. The second kappa shape index (κ2) is 3.58. The monoisotopic (exact) mass is 189 g/mol. The lowest BCUT2D eigenvalue weighted by Gasteiger charge is -2.00. The summed E-state index contributed by atoms with van der Waals surface area (Å²) in [4.78, 5) is 0. The lowest BCUT2D eigenvalue weighted by Crippen LogP contribution is -1.81. The van der Waals surface area contributed by atoms with Crippen molar-refractivity contribution in [3.8, 4) is 11.1 Å². The summed E-state index contributed by atoms with van der Waals surface area (Å²) in [6.45, 7) is 0. The fraction of sp³-hybridized carbons (Fsp3) is 0. The van der Waals surface area contributed by atoms with E-state index >= 15 is 0 Å². The quantitative estimate of drug-likeness (QED) is 0.644. The van der Waals surface area contributed by atoms with Crippen molar-refractivity contribution < 1.29 is 8.78 Å². The molecule has 2 heteroatoms. The van der Waals surface area contributed by atoms with Crippen LogP contribution in [0.3, 0.4) is 0 Å². The molecule has 0 amide bonds. The first-order chi connectivity index (χ1) is 6.75. The molecule has 0 N–H and O–H groups in total. The number of benzene rings is 2. The number of hydrogen-bond donors (Lipinski definition) is 0. The highest BCUT2D eigenvalue weighted by Gasteiger charge is 1.99. The Balaban J connectivity index is 2.49. The number of hydrogen-bond acceptors (Lipinski definition) is 0. The van der Waals surface area contributed by atoms with Gasteiger partial charge in [0.15, 0.2) is 0 Å². The Morgan fingerprint density at radius 2 is 1.71 bits per heavy atom. The van der Waals surface area contributed by atoms with Crippen LogP contribution in [0.1, 0.15) is 0 Å². The van der Waals surface area contributed by atoms with Crippen molar-refractivity contribution >= 4 is 0 Å². The minimum Gasteiger partial charge on any atom is -0.207 e. The summed E-state index contributed by atoms with van der Waals surface area (Å²) < 4.78 is 25.7. The molecule has 2 rings (SSSR count). The zero-order valence-corrected chi connectivity index (χ0v) is 7.30. The molecule has 0 heterocycles. The van der Waals surface area contributed by atoms with Gasteiger partial charge in [0.1, 0.15) is 11.6 Å². The van der Waals surface area contributed by atoms with E-state index in [0.29, 0.717) is 11.1 Å². The molecule has 69 valence electrons. The highest BCUT2D eigenvalue weighted by Crippen LogP contribution is 2.20. The molecule has 0 aliphatic rings. The number of rotatable bonds is 1. The van der Waals surface area contributed by atoms with Gasteiger partial charge in [-0.25, -0.2) is 8.78 Å². The van der Waals surface area contributed by atoms with Crippen molar-refractivity contribution in [3.63, 3.8) is 0 Å². The van der Waals surface area contributed by atoms with Gasteiger partial charge in [-0.1, -0.05) is 24.3 Å². The Morgan fingerprint density at radius 1 is 0.929 bits per heavy atom. The molecule has 2 aromatic rings. The average Bonchev–Trinajstić information content (AvgIpc) is 2.18. The van der Waals surface area contributed by atoms with E-state index in [9.17, 15) is 8.78 Å². The van der Waals surface area contributed by atoms with Gasteiger partial charge in [0.05, 0.1) is 0 Å². The second-order valence-electron chi connectivity index (χ2n) is 2.94. The standard InChI is InChI=1S/C12H7F2/c13-11-5-1-3-9(7-11)10-4-2-6-12(14)8-10/h1-5,7-8H. The zero-order chi connectivity index (χ0) is 9.97. The van der Waals surface area contributed by atoms with E-state index in [4.69, 9.17) is 0 Å². The Labute approximate surface area is 80.8 Å². The largest absolute Gasteiger partial charge is 0.207 e. The molecular weight excluding hydrogens is 182 g/mol. The molecule has 0 aliphatic carbocycles. The maximum atomic E-state index is 12.9. The molecule has 0 spiro atoms. The fourth-order valence-corrected chi connectivity index (χ4v) is 1.28. The van der Waals surface area contributed by atoms with Gasteiger partial charge in [0.2, 0.25) is 0 Å². The molecule has 0 saturated carbocycles. The van der Waals surface area contributed by atoms with Gasteiger partial charge < -0.3 is 0 Å². The van der Waals surface area contributed by atoms with Gasteiger partial charge in [0, 0.05) is 6.07 Å². The average molecular weight is 189 g/mol. The topological polar surface area (TPSA) is 0 Å². The van der Waals surface area contributed by atoms with E-state index in [2.05, 4.69) is 6.07 Å². The van der Waals surface area contributed by atoms with E-state index in [0.717, 1.165) is 0 Å². The first kappa shape index (κ1) is 8.88. The Kier molecular flexibility index (Phi) is 2.27. The Hall–Kier alpha value is -1.70. The highest BCUT2D eigenvalue weighted by atomic mass is 19.1. The van der Waals surface area contributed by atoms with Gasteiger partial charge in [0.25, 0.3) is 0 Å². The van der Waals surface area contributed by atoms with Crippen LogP contribution in [0.2, 0.25) is 0 Å². The summed E-state index contributed by atoms with van der Waals surface area (Å²) in [5, 5.41) is 0. The van der Waals surface area contributed by atoms with Gasteiger partial charge >= 0.3 is 0 Å². The second-order valence-corrected chi connectivity index (χ2v) is 2.94. The molecule has 14 heavy (non-hydrogen) atoms. The molecular formula is C12H7F2. The van der Waals surface area contributed by atoms with Crippen molar-refractivity contribution in [2.75, 3.05) is 0 Å². The normalized spacial score (nSPS) is 10.1. The van der Waals surface area contributed by atoms with Crippen LogP contribution >= 0.6 is 0 Å². The van der Waals surface area contributed by atoms with Crippen LogP contribution in [0.4, 0.5) is 8.78 Å². The van der Waals surface area contributed by atoms with E-state index in [1.54, 1.807) is 18.2 Å². The Morgan fingerprint density at radius 3 is 2.43 bits per heavy atom. The fourth-order valence-electron chi connectivity index (χ4n) is 1.28. The molecule has 0 aliphatic heterocycles. The molecule has 0 nitrogen and oxygen atoms in total.